The smallest absolute Gasteiger partial charge is 0.226 e. The van der Waals surface area contributed by atoms with Crippen LogP contribution < -0.4 is 5.32 Å². The van der Waals surface area contributed by atoms with Crippen LogP contribution in [0.5, 0.6) is 0 Å². The van der Waals surface area contributed by atoms with E-state index in [1.165, 1.54) is 10.5 Å². The van der Waals surface area contributed by atoms with Crippen LogP contribution in [0.15, 0.2) is 33.6 Å². The van der Waals surface area contributed by atoms with Crippen molar-refractivity contribution < 1.29 is 4.42 Å². The second-order valence-electron chi connectivity index (χ2n) is 4.58. The molecule has 0 aliphatic carbocycles. The van der Waals surface area contributed by atoms with Crippen LogP contribution in [-0.2, 0) is 12.2 Å². The zero-order chi connectivity index (χ0) is 14.4. The molecule has 108 valence electrons. The van der Waals surface area contributed by atoms with Crippen LogP contribution in [0.25, 0.3) is 0 Å². The zero-order valence-electron chi connectivity index (χ0n) is 12.2. The van der Waals surface area contributed by atoms with Gasteiger partial charge in [-0.25, -0.2) is 0 Å². The van der Waals surface area contributed by atoms with Crippen molar-refractivity contribution in [3.8, 4) is 0 Å². The minimum absolute atomic E-state index is 0.371. The Morgan fingerprint density at radius 1 is 1.25 bits per heavy atom. The van der Waals surface area contributed by atoms with Gasteiger partial charge in [-0.15, -0.1) is 22.0 Å². The first-order chi connectivity index (χ1) is 9.72. The number of aryl methyl sites for hydroxylation is 1. The topological polar surface area (TPSA) is 51.0 Å². The van der Waals surface area contributed by atoms with E-state index in [-0.39, 0.29) is 0 Å². The fourth-order valence-electron chi connectivity index (χ4n) is 1.93. The molecule has 0 saturated heterocycles. The number of nitrogens with one attached hydrogen (secondary N) is 1. The van der Waals surface area contributed by atoms with Crippen molar-refractivity contribution in [1.29, 1.82) is 0 Å². The maximum Gasteiger partial charge on any atom is 0.226 e. The number of benzene rings is 1. The van der Waals surface area contributed by atoms with E-state index in [0.717, 1.165) is 13.0 Å². The van der Waals surface area contributed by atoms with Crippen LogP contribution in [0.3, 0.4) is 0 Å². The third-order valence-electron chi connectivity index (χ3n) is 3.04. The Morgan fingerprint density at radius 2 is 2.05 bits per heavy atom. The van der Waals surface area contributed by atoms with Gasteiger partial charge in [-0.3, -0.25) is 0 Å². The largest absolute Gasteiger partial charge is 0.424 e. The maximum absolute atomic E-state index is 5.52. The average Bonchev–Trinajstić information content (AvgIpc) is 2.94. The molecule has 1 unspecified atom stereocenters. The lowest BCUT2D eigenvalue weighted by molar-refractivity contribution is 0.470. The van der Waals surface area contributed by atoms with E-state index in [4.69, 9.17) is 4.42 Å². The second-order valence-corrected chi connectivity index (χ2v) is 5.63. The molecule has 1 aromatic carbocycles. The van der Waals surface area contributed by atoms with Crippen LogP contribution in [0, 0.1) is 0 Å². The Balaban J connectivity index is 1.97. The first-order valence-corrected chi connectivity index (χ1v) is 7.98. The molecule has 1 heterocycles. The fourth-order valence-corrected chi connectivity index (χ4v) is 2.73. The van der Waals surface area contributed by atoms with E-state index < -0.39 is 0 Å². The lowest BCUT2D eigenvalue weighted by Gasteiger charge is -2.13. The standard InChI is InChI=1S/C15H21N3OS/c1-4-14-17-18-15(19-14)10-20-13-8-6-7-12(9-13)11(3)16-5-2/h6-9,11,16H,4-5,10H2,1-3H3. The molecule has 0 radical (unpaired) electrons. The number of hydrogen-bond donors (Lipinski definition) is 1. The third-order valence-corrected chi connectivity index (χ3v) is 4.02. The van der Waals surface area contributed by atoms with Gasteiger partial charge in [-0.05, 0) is 31.2 Å². The quantitative estimate of drug-likeness (QED) is 0.790. The van der Waals surface area contributed by atoms with Gasteiger partial charge in [-0.1, -0.05) is 26.0 Å². The summed E-state index contributed by atoms with van der Waals surface area (Å²) in [5.41, 5.74) is 1.30. The molecule has 1 atom stereocenters. The minimum atomic E-state index is 0.371. The Labute approximate surface area is 124 Å². The zero-order valence-corrected chi connectivity index (χ0v) is 13.0. The number of rotatable bonds is 7. The molecule has 0 amide bonds. The van der Waals surface area contributed by atoms with Gasteiger partial charge >= 0.3 is 0 Å². The van der Waals surface area contributed by atoms with Crippen LogP contribution >= 0.6 is 11.8 Å². The number of nitrogens with zero attached hydrogens (tertiary/aromatic N) is 2. The van der Waals surface area contributed by atoms with Crippen LogP contribution in [0.2, 0.25) is 0 Å². The van der Waals surface area contributed by atoms with Gasteiger partial charge in [0.25, 0.3) is 0 Å². The van der Waals surface area contributed by atoms with Gasteiger partial charge in [0.05, 0.1) is 5.75 Å². The molecule has 0 saturated carbocycles. The van der Waals surface area contributed by atoms with Crippen molar-refractivity contribution in [2.45, 2.75) is 43.9 Å². The SMILES string of the molecule is CCNC(C)c1cccc(SCc2nnc(CC)o2)c1. The van der Waals surface area contributed by atoms with Gasteiger partial charge in [-0.2, -0.15) is 0 Å². The third kappa shape index (κ3) is 4.08. The summed E-state index contributed by atoms with van der Waals surface area (Å²) in [7, 11) is 0. The van der Waals surface area contributed by atoms with Gasteiger partial charge < -0.3 is 9.73 Å². The van der Waals surface area contributed by atoms with Crippen LogP contribution in [-0.4, -0.2) is 16.7 Å². The average molecular weight is 291 g/mol. The van der Waals surface area contributed by atoms with Gasteiger partial charge in [0.1, 0.15) is 0 Å². The molecule has 0 fully saturated rings. The maximum atomic E-state index is 5.52. The second kappa shape index (κ2) is 7.45. The Kier molecular flexibility index (Phi) is 5.61. The summed E-state index contributed by atoms with van der Waals surface area (Å²) in [6.45, 7) is 7.28. The Hall–Kier alpha value is -1.33. The summed E-state index contributed by atoms with van der Waals surface area (Å²) in [4.78, 5) is 1.23. The lowest BCUT2D eigenvalue weighted by Crippen LogP contribution is -2.17. The highest BCUT2D eigenvalue weighted by Gasteiger charge is 2.07. The molecule has 2 aromatic rings. The molecule has 1 N–H and O–H groups in total. The molecule has 0 aliphatic rings. The van der Waals surface area contributed by atoms with E-state index >= 15 is 0 Å². The molecular formula is C15H21N3OS. The van der Waals surface area contributed by atoms with Crippen molar-refractivity contribution in [1.82, 2.24) is 15.5 Å². The van der Waals surface area contributed by atoms with Crippen molar-refractivity contribution in [3.05, 3.63) is 41.6 Å². The molecule has 2 rings (SSSR count). The summed E-state index contributed by atoms with van der Waals surface area (Å²) < 4.78 is 5.52. The van der Waals surface area contributed by atoms with E-state index in [2.05, 4.69) is 53.6 Å². The van der Waals surface area contributed by atoms with Gasteiger partial charge in [0.15, 0.2) is 0 Å². The molecule has 0 spiro atoms. The summed E-state index contributed by atoms with van der Waals surface area (Å²) in [5, 5.41) is 11.4. The molecule has 4 nitrogen and oxygen atoms in total. The molecule has 1 aromatic heterocycles. The van der Waals surface area contributed by atoms with E-state index in [1.54, 1.807) is 11.8 Å². The Bertz CT molecular complexity index is 541. The highest BCUT2D eigenvalue weighted by atomic mass is 32.2. The lowest BCUT2D eigenvalue weighted by atomic mass is 10.1. The number of thioether (sulfide) groups is 1. The molecule has 0 bridgehead atoms. The van der Waals surface area contributed by atoms with Gasteiger partial charge in [0, 0.05) is 17.4 Å². The molecule has 0 aliphatic heterocycles. The summed E-state index contributed by atoms with van der Waals surface area (Å²) in [5.74, 6) is 2.11. The molecule has 5 heteroatoms. The summed E-state index contributed by atoms with van der Waals surface area (Å²) >= 11 is 1.72. The predicted octanol–water partition coefficient (Wildman–Crippen LogP) is 3.59. The normalized spacial score (nSPS) is 12.6. The number of hydrogen-bond acceptors (Lipinski definition) is 5. The first-order valence-electron chi connectivity index (χ1n) is 7.00. The van der Waals surface area contributed by atoms with E-state index in [0.29, 0.717) is 23.6 Å². The van der Waals surface area contributed by atoms with E-state index in [1.807, 2.05) is 6.92 Å². The summed E-state index contributed by atoms with van der Waals surface area (Å²) in [6.07, 6.45) is 0.785. The first kappa shape index (κ1) is 15.1. The van der Waals surface area contributed by atoms with Gasteiger partial charge in [0.2, 0.25) is 11.8 Å². The predicted molar refractivity (Wildman–Crippen MR) is 81.8 cm³/mol. The van der Waals surface area contributed by atoms with Crippen molar-refractivity contribution in [2.24, 2.45) is 0 Å². The van der Waals surface area contributed by atoms with Crippen molar-refractivity contribution >= 4 is 11.8 Å². The number of aromatic nitrogens is 2. The highest BCUT2D eigenvalue weighted by Crippen LogP contribution is 2.25. The highest BCUT2D eigenvalue weighted by molar-refractivity contribution is 7.98. The fraction of sp³-hybridized carbons (Fsp3) is 0.467. The minimum Gasteiger partial charge on any atom is -0.424 e. The van der Waals surface area contributed by atoms with Crippen LogP contribution in [0.4, 0.5) is 0 Å². The summed E-state index contributed by atoms with van der Waals surface area (Å²) in [6, 6.07) is 8.95. The molecular weight excluding hydrogens is 270 g/mol. The Morgan fingerprint density at radius 3 is 2.75 bits per heavy atom. The van der Waals surface area contributed by atoms with Crippen LogP contribution in [0.1, 0.15) is 44.2 Å². The van der Waals surface area contributed by atoms with Crippen molar-refractivity contribution in [2.75, 3.05) is 6.54 Å². The van der Waals surface area contributed by atoms with Crippen molar-refractivity contribution in [3.63, 3.8) is 0 Å². The van der Waals surface area contributed by atoms with E-state index in [9.17, 15) is 0 Å². The monoisotopic (exact) mass is 291 g/mol. The molecule has 20 heavy (non-hydrogen) atoms.